The molecule has 2 aromatic heterocycles. The Balaban J connectivity index is 1.47. The van der Waals surface area contributed by atoms with Crippen LogP contribution in [-0.4, -0.2) is 39.0 Å². The molecule has 3 rings (SSSR count). The van der Waals surface area contributed by atoms with Crippen LogP contribution in [0.25, 0.3) is 0 Å². The topological polar surface area (TPSA) is 53.9 Å². The average Bonchev–Trinajstić information content (AvgIpc) is 2.88. The number of nitrogens with one attached hydrogen (secondary N) is 1. The predicted octanol–water partition coefficient (Wildman–Crippen LogP) is 2.32. The fourth-order valence-electron chi connectivity index (χ4n) is 2.52. The number of thiazole rings is 1. The van der Waals surface area contributed by atoms with Crippen molar-refractivity contribution >= 4 is 17.2 Å². The van der Waals surface area contributed by atoms with Crippen LogP contribution in [0.2, 0.25) is 0 Å². The van der Waals surface area contributed by atoms with E-state index in [9.17, 15) is 0 Å². The maximum absolute atomic E-state index is 4.32. The molecule has 5 nitrogen and oxygen atoms in total. The molecular formula is C14H19N5S. The summed E-state index contributed by atoms with van der Waals surface area (Å²) in [5.41, 5.74) is 0. The Bertz CT molecular complexity index is 534. The van der Waals surface area contributed by atoms with Gasteiger partial charge in [-0.05, 0) is 25.8 Å². The molecule has 0 radical (unpaired) electrons. The molecule has 1 aliphatic heterocycles. The molecule has 1 fully saturated rings. The van der Waals surface area contributed by atoms with Crippen LogP contribution in [-0.2, 0) is 6.54 Å². The van der Waals surface area contributed by atoms with E-state index in [0.717, 1.165) is 43.3 Å². The van der Waals surface area contributed by atoms with Gasteiger partial charge in [0.05, 0.1) is 5.01 Å². The summed E-state index contributed by atoms with van der Waals surface area (Å²) in [6.07, 6.45) is 7.68. The summed E-state index contributed by atoms with van der Waals surface area (Å²) in [6, 6.07) is 2.44. The van der Waals surface area contributed by atoms with Gasteiger partial charge >= 0.3 is 0 Å². The predicted molar refractivity (Wildman–Crippen MR) is 80.8 cm³/mol. The third-order valence-corrected chi connectivity index (χ3v) is 4.47. The quantitative estimate of drug-likeness (QED) is 0.936. The first-order chi connectivity index (χ1) is 9.79. The number of piperidine rings is 1. The summed E-state index contributed by atoms with van der Waals surface area (Å²) in [6.45, 7) is 5.34. The molecule has 3 heterocycles. The average molecular weight is 289 g/mol. The summed E-state index contributed by atoms with van der Waals surface area (Å²) >= 11 is 1.80. The van der Waals surface area contributed by atoms with Gasteiger partial charge in [-0.1, -0.05) is 0 Å². The number of aryl methyl sites for hydroxylation is 1. The molecule has 0 atom stereocenters. The van der Waals surface area contributed by atoms with Crippen LogP contribution >= 0.6 is 11.3 Å². The SMILES string of the molecule is Cc1ncc(CN2CCC(Nc3ccncn3)CC2)s1. The zero-order valence-electron chi connectivity index (χ0n) is 11.6. The van der Waals surface area contributed by atoms with E-state index in [1.54, 1.807) is 23.9 Å². The van der Waals surface area contributed by atoms with Crippen molar-refractivity contribution in [3.05, 3.63) is 34.7 Å². The monoisotopic (exact) mass is 289 g/mol. The van der Waals surface area contributed by atoms with Crippen molar-refractivity contribution in [1.82, 2.24) is 19.9 Å². The number of anilines is 1. The number of rotatable bonds is 4. The summed E-state index contributed by atoms with van der Waals surface area (Å²) in [5.74, 6) is 0.927. The van der Waals surface area contributed by atoms with Crippen LogP contribution in [0.4, 0.5) is 5.82 Å². The van der Waals surface area contributed by atoms with Gasteiger partial charge in [-0.3, -0.25) is 4.90 Å². The molecule has 0 bridgehead atoms. The third-order valence-electron chi connectivity index (χ3n) is 3.57. The first kappa shape index (κ1) is 13.5. The fourth-order valence-corrected chi connectivity index (χ4v) is 3.36. The van der Waals surface area contributed by atoms with Crippen molar-refractivity contribution in [3.8, 4) is 0 Å². The van der Waals surface area contributed by atoms with E-state index in [0.29, 0.717) is 6.04 Å². The van der Waals surface area contributed by atoms with Crippen molar-refractivity contribution in [3.63, 3.8) is 0 Å². The minimum absolute atomic E-state index is 0.518. The maximum Gasteiger partial charge on any atom is 0.129 e. The van der Waals surface area contributed by atoms with Gasteiger partial charge in [0.15, 0.2) is 0 Å². The van der Waals surface area contributed by atoms with E-state index in [-0.39, 0.29) is 0 Å². The van der Waals surface area contributed by atoms with Gasteiger partial charge in [-0.25, -0.2) is 15.0 Å². The van der Waals surface area contributed by atoms with Crippen LogP contribution in [0.1, 0.15) is 22.7 Å². The number of nitrogens with zero attached hydrogens (tertiary/aromatic N) is 4. The Morgan fingerprint density at radius 3 is 2.85 bits per heavy atom. The van der Waals surface area contributed by atoms with Gasteiger partial charge in [-0.2, -0.15) is 0 Å². The van der Waals surface area contributed by atoms with E-state index < -0.39 is 0 Å². The van der Waals surface area contributed by atoms with E-state index in [4.69, 9.17) is 0 Å². The first-order valence-electron chi connectivity index (χ1n) is 6.96. The Morgan fingerprint density at radius 1 is 1.35 bits per heavy atom. The van der Waals surface area contributed by atoms with E-state index in [1.165, 1.54) is 4.88 Å². The zero-order chi connectivity index (χ0) is 13.8. The van der Waals surface area contributed by atoms with Crippen molar-refractivity contribution < 1.29 is 0 Å². The second-order valence-corrected chi connectivity index (χ2v) is 6.45. The van der Waals surface area contributed by atoms with Gasteiger partial charge in [0.25, 0.3) is 0 Å². The third kappa shape index (κ3) is 3.52. The highest BCUT2D eigenvalue weighted by molar-refractivity contribution is 7.11. The molecule has 1 saturated heterocycles. The molecule has 0 aromatic carbocycles. The van der Waals surface area contributed by atoms with E-state index >= 15 is 0 Å². The Morgan fingerprint density at radius 2 is 2.20 bits per heavy atom. The molecule has 106 valence electrons. The van der Waals surface area contributed by atoms with Gasteiger partial charge in [-0.15, -0.1) is 11.3 Å². The molecule has 0 unspecified atom stereocenters. The van der Waals surface area contributed by atoms with Crippen molar-refractivity contribution in [2.75, 3.05) is 18.4 Å². The number of hydrogen-bond acceptors (Lipinski definition) is 6. The normalized spacial score (nSPS) is 17.2. The van der Waals surface area contributed by atoms with Gasteiger partial charge in [0.2, 0.25) is 0 Å². The summed E-state index contributed by atoms with van der Waals surface area (Å²) in [5, 5.41) is 4.63. The maximum atomic E-state index is 4.32. The van der Waals surface area contributed by atoms with Crippen LogP contribution in [0.5, 0.6) is 0 Å². The number of aromatic nitrogens is 3. The van der Waals surface area contributed by atoms with E-state index in [2.05, 4.69) is 32.1 Å². The molecule has 6 heteroatoms. The van der Waals surface area contributed by atoms with Gasteiger partial charge in [0, 0.05) is 42.9 Å². The zero-order valence-corrected chi connectivity index (χ0v) is 12.4. The number of likely N-dealkylation sites (tertiary alicyclic amines) is 1. The molecule has 2 aromatic rings. The second-order valence-electron chi connectivity index (χ2n) is 5.13. The Kier molecular flexibility index (Phi) is 4.22. The Hall–Kier alpha value is -1.53. The summed E-state index contributed by atoms with van der Waals surface area (Å²) < 4.78 is 0. The largest absolute Gasteiger partial charge is 0.367 e. The lowest BCUT2D eigenvalue weighted by Crippen LogP contribution is -2.38. The fraction of sp³-hybridized carbons (Fsp3) is 0.500. The smallest absolute Gasteiger partial charge is 0.129 e. The number of hydrogen-bond donors (Lipinski definition) is 1. The Labute approximate surface area is 123 Å². The molecule has 0 aliphatic carbocycles. The van der Waals surface area contributed by atoms with Crippen LogP contribution in [0.3, 0.4) is 0 Å². The molecule has 20 heavy (non-hydrogen) atoms. The van der Waals surface area contributed by atoms with Crippen molar-refractivity contribution in [2.24, 2.45) is 0 Å². The van der Waals surface area contributed by atoms with Crippen LogP contribution in [0, 0.1) is 6.92 Å². The lowest BCUT2D eigenvalue weighted by Gasteiger charge is -2.32. The summed E-state index contributed by atoms with van der Waals surface area (Å²) in [7, 11) is 0. The van der Waals surface area contributed by atoms with Gasteiger partial charge < -0.3 is 5.32 Å². The molecule has 0 saturated carbocycles. The van der Waals surface area contributed by atoms with Crippen molar-refractivity contribution in [1.29, 1.82) is 0 Å². The van der Waals surface area contributed by atoms with Crippen molar-refractivity contribution in [2.45, 2.75) is 32.4 Å². The lowest BCUT2D eigenvalue weighted by atomic mass is 10.1. The standard InChI is InChI=1S/C14H19N5S/c1-11-16-8-13(20-11)9-19-6-3-12(4-7-19)18-14-2-5-15-10-17-14/h2,5,8,10,12H,3-4,6-7,9H2,1H3,(H,15,17,18). The molecule has 0 amide bonds. The highest BCUT2D eigenvalue weighted by atomic mass is 32.1. The highest BCUT2D eigenvalue weighted by Crippen LogP contribution is 2.19. The second kappa shape index (κ2) is 6.28. The van der Waals surface area contributed by atoms with E-state index in [1.807, 2.05) is 12.3 Å². The molecular weight excluding hydrogens is 270 g/mol. The molecule has 1 aliphatic rings. The van der Waals surface area contributed by atoms with Crippen LogP contribution in [0.15, 0.2) is 24.8 Å². The minimum atomic E-state index is 0.518. The first-order valence-corrected chi connectivity index (χ1v) is 7.77. The highest BCUT2D eigenvalue weighted by Gasteiger charge is 2.19. The van der Waals surface area contributed by atoms with Crippen LogP contribution < -0.4 is 5.32 Å². The minimum Gasteiger partial charge on any atom is -0.367 e. The summed E-state index contributed by atoms with van der Waals surface area (Å²) in [4.78, 5) is 16.3. The lowest BCUT2D eigenvalue weighted by molar-refractivity contribution is 0.213. The van der Waals surface area contributed by atoms with Gasteiger partial charge in [0.1, 0.15) is 12.1 Å². The molecule has 0 spiro atoms. The molecule has 1 N–H and O–H groups in total.